The zero-order valence-electron chi connectivity index (χ0n) is 14.3. The molecule has 1 N–H and O–H groups in total. The SMILES string of the molecule is Cc1ccc(CCC2(CCNCC(C)C)CCCC2)cc1. The van der Waals surface area contributed by atoms with Gasteiger partial charge in [-0.1, -0.05) is 56.5 Å². The highest BCUT2D eigenvalue weighted by Gasteiger charge is 2.32. The highest BCUT2D eigenvalue weighted by Crippen LogP contribution is 2.44. The fourth-order valence-corrected chi connectivity index (χ4v) is 3.66. The van der Waals surface area contributed by atoms with Crippen molar-refractivity contribution in [2.45, 2.75) is 65.7 Å². The third-order valence-electron chi connectivity index (χ3n) is 5.11. The summed E-state index contributed by atoms with van der Waals surface area (Å²) >= 11 is 0. The molecule has 0 spiro atoms. The number of aryl methyl sites for hydroxylation is 2. The van der Waals surface area contributed by atoms with E-state index in [0.29, 0.717) is 5.41 Å². The van der Waals surface area contributed by atoms with Crippen molar-refractivity contribution in [2.75, 3.05) is 13.1 Å². The molecule has 0 amide bonds. The summed E-state index contributed by atoms with van der Waals surface area (Å²) in [6.45, 7) is 9.11. The van der Waals surface area contributed by atoms with E-state index in [1.54, 1.807) is 0 Å². The molecule has 0 aliphatic heterocycles. The first-order valence-electron chi connectivity index (χ1n) is 8.86. The minimum atomic E-state index is 0.620. The molecule has 0 unspecified atom stereocenters. The first-order valence-corrected chi connectivity index (χ1v) is 8.86. The predicted molar refractivity (Wildman–Crippen MR) is 92.7 cm³/mol. The number of hydrogen-bond donors (Lipinski definition) is 1. The van der Waals surface area contributed by atoms with E-state index in [9.17, 15) is 0 Å². The summed E-state index contributed by atoms with van der Waals surface area (Å²) in [5, 5.41) is 3.64. The molecule has 1 aromatic carbocycles. The Labute approximate surface area is 131 Å². The van der Waals surface area contributed by atoms with Gasteiger partial charge >= 0.3 is 0 Å². The molecule has 0 radical (unpaired) electrons. The molecular weight excluding hydrogens is 254 g/mol. The molecule has 2 rings (SSSR count). The van der Waals surface area contributed by atoms with Crippen molar-refractivity contribution in [3.8, 4) is 0 Å². The van der Waals surface area contributed by atoms with Crippen molar-refractivity contribution in [3.63, 3.8) is 0 Å². The molecule has 1 aliphatic rings. The second-order valence-corrected chi connectivity index (χ2v) is 7.54. The van der Waals surface area contributed by atoms with Crippen molar-refractivity contribution in [3.05, 3.63) is 35.4 Å². The second-order valence-electron chi connectivity index (χ2n) is 7.54. The monoisotopic (exact) mass is 287 g/mol. The third kappa shape index (κ3) is 5.47. The van der Waals surface area contributed by atoms with Gasteiger partial charge in [-0.05, 0) is 69.0 Å². The molecule has 21 heavy (non-hydrogen) atoms. The third-order valence-corrected chi connectivity index (χ3v) is 5.11. The lowest BCUT2D eigenvalue weighted by atomic mass is 9.77. The number of hydrogen-bond acceptors (Lipinski definition) is 1. The molecule has 1 fully saturated rings. The lowest BCUT2D eigenvalue weighted by Gasteiger charge is -2.29. The zero-order valence-corrected chi connectivity index (χ0v) is 14.3. The maximum Gasteiger partial charge on any atom is -0.00258 e. The maximum atomic E-state index is 3.64. The molecular formula is C20H33N. The predicted octanol–water partition coefficient (Wildman–Crippen LogP) is 5.12. The molecule has 0 saturated heterocycles. The molecule has 0 bridgehead atoms. The van der Waals surface area contributed by atoms with Crippen molar-refractivity contribution >= 4 is 0 Å². The summed E-state index contributed by atoms with van der Waals surface area (Å²) in [5.41, 5.74) is 3.50. The fourth-order valence-electron chi connectivity index (χ4n) is 3.66. The van der Waals surface area contributed by atoms with Gasteiger partial charge in [-0.2, -0.15) is 0 Å². The first kappa shape index (κ1) is 16.5. The van der Waals surface area contributed by atoms with Gasteiger partial charge in [0, 0.05) is 0 Å². The molecule has 118 valence electrons. The highest BCUT2D eigenvalue weighted by atomic mass is 14.9. The largest absolute Gasteiger partial charge is 0.316 e. The van der Waals surface area contributed by atoms with E-state index < -0.39 is 0 Å². The van der Waals surface area contributed by atoms with Crippen LogP contribution >= 0.6 is 0 Å². The molecule has 1 saturated carbocycles. The summed E-state index contributed by atoms with van der Waals surface area (Å²) in [4.78, 5) is 0. The minimum absolute atomic E-state index is 0.620. The summed E-state index contributed by atoms with van der Waals surface area (Å²) < 4.78 is 0. The summed E-state index contributed by atoms with van der Waals surface area (Å²) in [5.74, 6) is 0.761. The minimum Gasteiger partial charge on any atom is -0.316 e. The van der Waals surface area contributed by atoms with Crippen LogP contribution in [0.4, 0.5) is 0 Å². The van der Waals surface area contributed by atoms with Crippen LogP contribution in [0.3, 0.4) is 0 Å². The van der Waals surface area contributed by atoms with Crippen LogP contribution in [0.25, 0.3) is 0 Å². The molecule has 1 aromatic rings. The fraction of sp³-hybridized carbons (Fsp3) is 0.700. The van der Waals surface area contributed by atoms with Crippen LogP contribution in [0.15, 0.2) is 24.3 Å². The van der Waals surface area contributed by atoms with Gasteiger partial charge in [0.2, 0.25) is 0 Å². The van der Waals surface area contributed by atoms with Gasteiger partial charge in [-0.15, -0.1) is 0 Å². The Hall–Kier alpha value is -0.820. The molecule has 1 nitrogen and oxygen atoms in total. The van der Waals surface area contributed by atoms with E-state index in [1.807, 2.05) is 0 Å². The van der Waals surface area contributed by atoms with Crippen LogP contribution in [0.2, 0.25) is 0 Å². The number of nitrogens with one attached hydrogen (secondary N) is 1. The van der Waals surface area contributed by atoms with E-state index in [2.05, 4.69) is 50.4 Å². The van der Waals surface area contributed by atoms with Crippen molar-refractivity contribution in [1.29, 1.82) is 0 Å². The smallest absolute Gasteiger partial charge is 0.00258 e. The van der Waals surface area contributed by atoms with Crippen molar-refractivity contribution in [2.24, 2.45) is 11.3 Å². The lowest BCUT2D eigenvalue weighted by Crippen LogP contribution is -2.27. The molecule has 1 aliphatic carbocycles. The highest BCUT2D eigenvalue weighted by molar-refractivity contribution is 5.21. The Kier molecular flexibility index (Phi) is 6.29. The van der Waals surface area contributed by atoms with Crippen LogP contribution < -0.4 is 5.32 Å². The Bertz CT molecular complexity index is 398. The summed E-state index contributed by atoms with van der Waals surface area (Å²) in [6, 6.07) is 9.13. The van der Waals surface area contributed by atoms with Gasteiger partial charge in [0.15, 0.2) is 0 Å². The van der Waals surface area contributed by atoms with E-state index in [1.165, 1.54) is 62.6 Å². The van der Waals surface area contributed by atoms with E-state index in [0.717, 1.165) is 12.5 Å². The van der Waals surface area contributed by atoms with Crippen molar-refractivity contribution in [1.82, 2.24) is 5.32 Å². The van der Waals surface area contributed by atoms with Gasteiger partial charge in [0.1, 0.15) is 0 Å². The Morgan fingerprint density at radius 2 is 1.71 bits per heavy atom. The average Bonchev–Trinajstić information content (AvgIpc) is 2.92. The maximum absolute atomic E-state index is 3.64. The van der Waals surface area contributed by atoms with Gasteiger partial charge in [0.25, 0.3) is 0 Å². The van der Waals surface area contributed by atoms with Crippen LogP contribution in [-0.4, -0.2) is 13.1 Å². The molecule has 0 aromatic heterocycles. The molecule has 0 heterocycles. The normalized spacial score (nSPS) is 17.5. The summed E-state index contributed by atoms with van der Waals surface area (Å²) in [6.07, 6.45) is 9.77. The first-order chi connectivity index (χ1) is 10.1. The van der Waals surface area contributed by atoms with Crippen molar-refractivity contribution < 1.29 is 0 Å². The number of rotatable bonds is 8. The molecule has 0 atom stereocenters. The lowest BCUT2D eigenvalue weighted by molar-refractivity contribution is 0.244. The van der Waals surface area contributed by atoms with Crippen LogP contribution in [0, 0.1) is 18.3 Å². The van der Waals surface area contributed by atoms with Gasteiger partial charge in [0.05, 0.1) is 0 Å². The topological polar surface area (TPSA) is 12.0 Å². The Balaban J connectivity index is 1.81. The van der Waals surface area contributed by atoms with E-state index in [4.69, 9.17) is 0 Å². The number of benzene rings is 1. The van der Waals surface area contributed by atoms with E-state index in [-0.39, 0.29) is 0 Å². The Morgan fingerprint density at radius 1 is 1.05 bits per heavy atom. The average molecular weight is 287 g/mol. The van der Waals surface area contributed by atoms with Crippen LogP contribution in [-0.2, 0) is 6.42 Å². The van der Waals surface area contributed by atoms with E-state index >= 15 is 0 Å². The quantitative estimate of drug-likeness (QED) is 0.654. The van der Waals surface area contributed by atoms with Crippen LogP contribution in [0.5, 0.6) is 0 Å². The van der Waals surface area contributed by atoms with Gasteiger partial charge < -0.3 is 5.32 Å². The summed E-state index contributed by atoms with van der Waals surface area (Å²) in [7, 11) is 0. The van der Waals surface area contributed by atoms with Gasteiger partial charge in [-0.3, -0.25) is 0 Å². The van der Waals surface area contributed by atoms with Gasteiger partial charge in [-0.25, -0.2) is 0 Å². The standard InChI is InChI=1S/C20H33N/c1-17(2)16-21-15-14-20(11-4-5-12-20)13-10-19-8-6-18(3)7-9-19/h6-9,17,21H,4-5,10-16H2,1-3H3. The Morgan fingerprint density at radius 3 is 2.33 bits per heavy atom. The zero-order chi connectivity index (χ0) is 15.1. The molecule has 1 heteroatoms. The second kappa shape index (κ2) is 7.98. The van der Waals surface area contributed by atoms with Crippen LogP contribution in [0.1, 0.15) is 63.5 Å².